The maximum absolute atomic E-state index is 5.00. The third-order valence-electron chi connectivity index (χ3n) is 2.18. The third kappa shape index (κ3) is 6.83. The highest BCUT2D eigenvalue weighted by Crippen LogP contribution is 2.19. The Hall–Kier alpha value is -0.360. The van der Waals surface area contributed by atoms with Gasteiger partial charge in [-0.3, -0.25) is 0 Å². The van der Waals surface area contributed by atoms with Crippen molar-refractivity contribution in [1.29, 1.82) is 0 Å². The Morgan fingerprint density at radius 1 is 1.41 bits per heavy atom. The average Bonchev–Trinajstić information content (AvgIpc) is 2.72. The van der Waals surface area contributed by atoms with Crippen molar-refractivity contribution in [1.82, 2.24) is 10.3 Å². The second-order valence-corrected chi connectivity index (χ2v) is 4.97. The van der Waals surface area contributed by atoms with Crippen LogP contribution in [0.4, 0.5) is 5.13 Å². The summed E-state index contributed by atoms with van der Waals surface area (Å²) in [6, 6.07) is 0. The molecule has 0 aromatic carbocycles. The predicted molar refractivity (Wildman–Crippen MR) is 76.5 cm³/mol. The Morgan fingerprint density at radius 2 is 2.18 bits per heavy atom. The van der Waals surface area contributed by atoms with Crippen molar-refractivity contribution in [2.24, 2.45) is 0 Å². The zero-order valence-corrected chi connectivity index (χ0v) is 12.4. The second kappa shape index (κ2) is 9.65. The molecule has 1 aromatic rings. The van der Waals surface area contributed by atoms with Crippen LogP contribution in [-0.2, 0) is 11.3 Å². The lowest BCUT2D eigenvalue weighted by atomic mass is 10.3. The van der Waals surface area contributed by atoms with Gasteiger partial charge in [0.05, 0.1) is 0 Å². The largest absolute Gasteiger partial charge is 0.385 e. The monoisotopic (exact) mass is 279 g/mol. The minimum absolute atomic E-state index is 0. The number of unbranched alkanes of at least 4 members (excludes halogenated alkanes) is 1. The molecule has 6 heteroatoms. The van der Waals surface area contributed by atoms with Crippen LogP contribution >= 0.6 is 23.7 Å². The van der Waals surface area contributed by atoms with Crippen molar-refractivity contribution in [3.8, 4) is 0 Å². The number of nitrogens with zero attached hydrogens (tertiary/aromatic N) is 2. The van der Waals surface area contributed by atoms with Crippen LogP contribution in [-0.4, -0.2) is 39.3 Å². The first kappa shape index (κ1) is 16.6. The van der Waals surface area contributed by atoms with E-state index in [9.17, 15) is 0 Å². The van der Waals surface area contributed by atoms with Gasteiger partial charge in [0, 0.05) is 45.4 Å². The SMILES string of the molecule is COCCCCNCc1cnc(N(C)C)s1.Cl. The summed E-state index contributed by atoms with van der Waals surface area (Å²) in [5.41, 5.74) is 0. The molecule has 0 saturated heterocycles. The molecule has 1 heterocycles. The zero-order valence-electron chi connectivity index (χ0n) is 10.7. The van der Waals surface area contributed by atoms with Crippen LogP contribution in [0.25, 0.3) is 0 Å². The maximum Gasteiger partial charge on any atom is 0.185 e. The summed E-state index contributed by atoms with van der Waals surface area (Å²) in [7, 11) is 5.77. The van der Waals surface area contributed by atoms with Crippen molar-refractivity contribution >= 4 is 28.9 Å². The van der Waals surface area contributed by atoms with Crippen LogP contribution in [0, 0.1) is 0 Å². The summed E-state index contributed by atoms with van der Waals surface area (Å²) in [4.78, 5) is 7.65. The first-order valence-corrected chi connectivity index (χ1v) is 6.37. The molecular formula is C11H22ClN3OS. The Kier molecular flexibility index (Phi) is 9.44. The molecule has 0 atom stereocenters. The van der Waals surface area contributed by atoms with Crippen LogP contribution < -0.4 is 10.2 Å². The van der Waals surface area contributed by atoms with E-state index >= 15 is 0 Å². The van der Waals surface area contributed by atoms with Crippen LogP contribution in [0.5, 0.6) is 0 Å². The Labute approximate surface area is 114 Å². The lowest BCUT2D eigenvalue weighted by molar-refractivity contribution is 0.192. The van der Waals surface area contributed by atoms with Crippen LogP contribution in [0.3, 0.4) is 0 Å². The second-order valence-electron chi connectivity index (χ2n) is 3.88. The van der Waals surface area contributed by atoms with Gasteiger partial charge < -0.3 is 15.0 Å². The number of thiazole rings is 1. The Morgan fingerprint density at radius 3 is 2.76 bits per heavy atom. The standard InChI is InChI=1S/C11H21N3OS.ClH/c1-14(2)11-13-9-10(16-11)8-12-6-4-5-7-15-3;/h9,12H,4-8H2,1-3H3;1H. The van der Waals surface area contributed by atoms with E-state index in [0.717, 1.165) is 37.7 Å². The fourth-order valence-electron chi connectivity index (χ4n) is 1.29. The number of methoxy groups -OCH3 is 1. The molecule has 1 rings (SSSR count). The highest BCUT2D eigenvalue weighted by molar-refractivity contribution is 7.15. The van der Waals surface area contributed by atoms with Gasteiger partial charge in [-0.25, -0.2) is 4.98 Å². The van der Waals surface area contributed by atoms with E-state index in [1.807, 2.05) is 25.2 Å². The quantitative estimate of drug-likeness (QED) is 0.740. The van der Waals surface area contributed by atoms with Crippen LogP contribution in [0.15, 0.2) is 6.20 Å². The van der Waals surface area contributed by atoms with Gasteiger partial charge in [0.25, 0.3) is 0 Å². The van der Waals surface area contributed by atoms with Gasteiger partial charge in [-0.15, -0.1) is 23.7 Å². The van der Waals surface area contributed by atoms with Gasteiger partial charge in [-0.2, -0.15) is 0 Å². The summed E-state index contributed by atoms with van der Waals surface area (Å²) in [5, 5.41) is 4.48. The number of halogens is 1. The van der Waals surface area contributed by atoms with E-state index in [1.165, 1.54) is 4.88 Å². The fourth-order valence-corrected chi connectivity index (χ4v) is 2.10. The summed E-state index contributed by atoms with van der Waals surface area (Å²) in [6.45, 7) is 2.81. The molecule has 0 aliphatic rings. The number of ether oxygens (including phenoxy) is 1. The highest BCUT2D eigenvalue weighted by Gasteiger charge is 2.02. The third-order valence-corrected chi connectivity index (χ3v) is 3.34. The highest BCUT2D eigenvalue weighted by atomic mass is 35.5. The van der Waals surface area contributed by atoms with Crippen molar-refractivity contribution in [2.45, 2.75) is 19.4 Å². The average molecular weight is 280 g/mol. The Bertz CT molecular complexity index is 294. The molecule has 0 aliphatic heterocycles. The van der Waals surface area contributed by atoms with Gasteiger partial charge in [-0.1, -0.05) is 0 Å². The van der Waals surface area contributed by atoms with E-state index in [1.54, 1.807) is 18.4 Å². The summed E-state index contributed by atoms with van der Waals surface area (Å²) >= 11 is 1.74. The van der Waals surface area contributed by atoms with Gasteiger partial charge in [-0.05, 0) is 19.4 Å². The van der Waals surface area contributed by atoms with Gasteiger partial charge in [0.15, 0.2) is 5.13 Å². The molecule has 0 saturated carbocycles. The number of aromatic nitrogens is 1. The predicted octanol–water partition coefficient (Wildman–Crippen LogP) is 2.15. The Balaban J connectivity index is 0.00000256. The maximum atomic E-state index is 5.00. The van der Waals surface area contributed by atoms with Crippen LogP contribution in [0.2, 0.25) is 0 Å². The first-order valence-electron chi connectivity index (χ1n) is 5.55. The van der Waals surface area contributed by atoms with Crippen molar-refractivity contribution in [2.75, 3.05) is 39.3 Å². The molecule has 1 aromatic heterocycles. The molecule has 100 valence electrons. The van der Waals surface area contributed by atoms with Gasteiger partial charge in [0.2, 0.25) is 0 Å². The minimum Gasteiger partial charge on any atom is -0.385 e. The van der Waals surface area contributed by atoms with Crippen LogP contribution in [0.1, 0.15) is 17.7 Å². The number of nitrogens with one attached hydrogen (secondary N) is 1. The minimum atomic E-state index is 0. The first-order chi connectivity index (χ1) is 7.74. The van der Waals surface area contributed by atoms with E-state index in [4.69, 9.17) is 4.74 Å². The molecule has 0 amide bonds. The molecule has 0 fully saturated rings. The summed E-state index contributed by atoms with van der Waals surface area (Å²) < 4.78 is 5.00. The molecule has 0 spiro atoms. The molecule has 4 nitrogen and oxygen atoms in total. The van der Waals surface area contributed by atoms with Gasteiger partial charge in [0.1, 0.15) is 0 Å². The summed E-state index contributed by atoms with van der Waals surface area (Å²) in [6.07, 6.45) is 4.23. The summed E-state index contributed by atoms with van der Waals surface area (Å²) in [5.74, 6) is 0. The molecule has 0 aliphatic carbocycles. The molecule has 17 heavy (non-hydrogen) atoms. The normalized spacial score (nSPS) is 10.1. The van der Waals surface area contributed by atoms with Crippen molar-refractivity contribution in [3.05, 3.63) is 11.1 Å². The van der Waals surface area contributed by atoms with E-state index < -0.39 is 0 Å². The van der Waals surface area contributed by atoms with Crippen molar-refractivity contribution < 1.29 is 4.74 Å². The number of hydrogen-bond donors (Lipinski definition) is 1. The van der Waals surface area contributed by atoms with Gasteiger partial charge >= 0.3 is 0 Å². The fraction of sp³-hybridized carbons (Fsp3) is 0.727. The molecular weight excluding hydrogens is 258 g/mol. The molecule has 1 N–H and O–H groups in total. The van der Waals surface area contributed by atoms with E-state index in [-0.39, 0.29) is 12.4 Å². The topological polar surface area (TPSA) is 37.4 Å². The lowest BCUT2D eigenvalue weighted by Gasteiger charge is -2.05. The molecule has 0 radical (unpaired) electrons. The van der Waals surface area contributed by atoms with E-state index in [0.29, 0.717) is 0 Å². The number of hydrogen-bond acceptors (Lipinski definition) is 5. The zero-order chi connectivity index (χ0) is 11.8. The van der Waals surface area contributed by atoms with E-state index in [2.05, 4.69) is 10.3 Å². The number of rotatable bonds is 8. The molecule has 0 unspecified atom stereocenters. The number of anilines is 1. The smallest absolute Gasteiger partial charge is 0.185 e. The molecule has 0 bridgehead atoms. The lowest BCUT2D eigenvalue weighted by Crippen LogP contribution is -2.14. The van der Waals surface area contributed by atoms with Crippen molar-refractivity contribution in [3.63, 3.8) is 0 Å².